The molecule has 25 heavy (non-hydrogen) atoms. The predicted octanol–water partition coefficient (Wildman–Crippen LogP) is 1.99. The highest BCUT2D eigenvalue weighted by atomic mass is 16.2. The molecule has 1 spiro atoms. The van der Waals surface area contributed by atoms with E-state index in [0.717, 1.165) is 37.0 Å². The molecule has 0 aromatic heterocycles. The SMILES string of the molecule is O=C(CN1C(=O)NC2(CCCCC2)C1=O)NCCCc1ccccc1. The van der Waals surface area contributed by atoms with Crippen LogP contribution in [0.4, 0.5) is 4.79 Å². The van der Waals surface area contributed by atoms with Gasteiger partial charge in [0, 0.05) is 6.54 Å². The van der Waals surface area contributed by atoms with Crippen molar-refractivity contribution in [1.29, 1.82) is 0 Å². The van der Waals surface area contributed by atoms with Crippen molar-refractivity contribution in [3.8, 4) is 0 Å². The van der Waals surface area contributed by atoms with Crippen molar-refractivity contribution in [1.82, 2.24) is 15.5 Å². The van der Waals surface area contributed by atoms with E-state index in [9.17, 15) is 14.4 Å². The van der Waals surface area contributed by atoms with Crippen LogP contribution >= 0.6 is 0 Å². The molecule has 0 radical (unpaired) electrons. The van der Waals surface area contributed by atoms with Crippen LogP contribution in [-0.2, 0) is 16.0 Å². The molecule has 0 unspecified atom stereocenters. The average molecular weight is 343 g/mol. The van der Waals surface area contributed by atoms with E-state index in [1.54, 1.807) is 0 Å². The Hall–Kier alpha value is -2.37. The molecule has 2 fully saturated rings. The number of benzene rings is 1. The van der Waals surface area contributed by atoms with Gasteiger partial charge in [-0.1, -0.05) is 49.6 Å². The fraction of sp³-hybridized carbons (Fsp3) is 0.526. The first-order chi connectivity index (χ1) is 12.1. The normalized spacial score (nSPS) is 19.1. The molecular weight excluding hydrogens is 318 g/mol. The summed E-state index contributed by atoms with van der Waals surface area (Å²) in [6, 6.07) is 9.63. The molecule has 6 nitrogen and oxygen atoms in total. The van der Waals surface area contributed by atoms with Gasteiger partial charge in [0.15, 0.2) is 0 Å². The van der Waals surface area contributed by atoms with Gasteiger partial charge in [-0.25, -0.2) is 4.79 Å². The van der Waals surface area contributed by atoms with Crippen LogP contribution in [-0.4, -0.2) is 41.4 Å². The smallest absolute Gasteiger partial charge is 0.325 e. The van der Waals surface area contributed by atoms with Crippen molar-refractivity contribution in [2.45, 2.75) is 50.5 Å². The zero-order chi connectivity index (χ0) is 17.7. The predicted molar refractivity (Wildman–Crippen MR) is 93.8 cm³/mol. The number of rotatable bonds is 6. The molecule has 4 amide bonds. The highest BCUT2D eigenvalue weighted by molar-refractivity contribution is 6.09. The zero-order valence-electron chi connectivity index (χ0n) is 14.4. The summed E-state index contributed by atoms with van der Waals surface area (Å²) >= 11 is 0. The minimum atomic E-state index is -0.761. The average Bonchev–Trinajstić information content (AvgIpc) is 2.84. The summed E-state index contributed by atoms with van der Waals surface area (Å²) in [4.78, 5) is 37.9. The van der Waals surface area contributed by atoms with Crippen molar-refractivity contribution < 1.29 is 14.4 Å². The molecular formula is C19H25N3O3. The van der Waals surface area contributed by atoms with Gasteiger partial charge in [-0.15, -0.1) is 0 Å². The van der Waals surface area contributed by atoms with E-state index in [1.807, 2.05) is 18.2 Å². The van der Waals surface area contributed by atoms with Gasteiger partial charge >= 0.3 is 6.03 Å². The monoisotopic (exact) mass is 343 g/mol. The van der Waals surface area contributed by atoms with Crippen LogP contribution in [0.25, 0.3) is 0 Å². The maximum absolute atomic E-state index is 12.6. The van der Waals surface area contributed by atoms with E-state index in [0.29, 0.717) is 19.4 Å². The number of urea groups is 1. The number of nitrogens with one attached hydrogen (secondary N) is 2. The Morgan fingerprint density at radius 3 is 2.56 bits per heavy atom. The lowest BCUT2D eigenvalue weighted by molar-refractivity contribution is -0.135. The van der Waals surface area contributed by atoms with Gasteiger partial charge in [0.1, 0.15) is 12.1 Å². The summed E-state index contributed by atoms with van der Waals surface area (Å²) in [5, 5.41) is 5.62. The molecule has 0 atom stereocenters. The van der Waals surface area contributed by atoms with E-state index in [4.69, 9.17) is 0 Å². The molecule has 1 aromatic rings. The van der Waals surface area contributed by atoms with Gasteiger partial charge in [-0.05, 0) is 31.2 Å². The molecule has 2 aliphatic rings. The first kappa shape index (κ1) is 17.5. The van der Waals surface area contributed by atoms with E-state index in [-0.39, 0.29) is 18.4 Å². The number of hydrogen-bond acceptors (Lipinski definition) is 3. The Kier molecular flexibility index (Phi) is 5.36. The Balaban J connectivity index is 1.44. The summed E-state index contributed by atoms with van der Waals surface area (Å²) in [5.41, 5.74) is 0.466. The van der Waals surface area contributed by atoms with E-state index < -0.39 is 11.6 Å². The molecule has 3 rings (SSSR count). The number of nitrogens with zero attached hydrogens (tertiary/aromatic N) is 1. The molecule has 1 aliphatic carbocycles. The van der Waals surface area contributed by atoms with Crippen molar-refractivity contribution in [2.75, 3.05) is 13.1 Å². The second-order valence-electron chi connectivity index (χ2n) is 6.90. The maximum Gasteiger partial charge on any atom is 0.325 e. The van der Waals surface area contributed by atoms with Gasteiger partial charge in [0.05, 0.1) is 0 Å². The van der Waals surface area contributed by atoms with Gasteiger partial charge in [0.2, 0.25) is 5.91 Å². The minimum absolute atomic E-state index is 0.197. The highest BCUT2D eigenvalue weighted by Crippen LogP contribution is 2.33. The molecule has 6 heteroatoms. The Morgan fingerprint density at radius 1 is 1.12 bits per heavy atom. The Morgan fingerprint density at radius 2 is 1.84 bits per heavy atom. The largest absolute Gasteiger partial charge is 0.355 e. The summed E-state index contributed by atoms with van der Waals surface area (Å²) in [6.45, 7) is 0.334. The van der Waals surface area contributed by atoms with Crippen molar-refractivity contribution >= 4 is 17.8 Å². The lowest BCUT2D eigenvalue weighted by Gasteiger charge is -2.30. The number of amides is 4. The fourth-order valence-corrected chi connectivity index (χ4v) is 3.68. The second-order valence-corrected chi connectivity index (χ2v) is 6.90. The number of carbonyl (C=O) groups excluding carboxylic acids is 3. The fourth-order valence-electron chi connectivity index (χ4n) is 3.68. The van der Waals surface area contributed by atoms with Crippen LogP contribution in [0.15, 0.2) is 30.3 Å². The summed E-state index contributed by atoms with van der Waals surface area (Å²) in [6.07, 6.45) is 6.01. The van der Waals surface area contributed by atoms with Crippen molar-refractivity contribution in [2.24, 2.45) is 0 Å². The highest BCUT2D eigenvalue weighted by Gasteiger charge is 2.51. The number of imide groups is 1. The molecule has 1 saturated heterocycles. The number of aryl methyl sites for hydroxylation is 1. The molecule has 2 N–H and O–H groups in total. The third-order valence-corrected chi connectivity index (χ3v) is 5.06. The van der Waals surface area contributed by atoms with Crippen LogP contribution < -0.4 is 10.6 Å². The minimum Gasteiger partial charge on any atom is -0.355 e. The molecule has 1 aliphatic heterocycles. The molecule has 1 saturated carbocycles. The van der Waals surface area contributed by atoms with Gasteiger partial charge in [0.25, 0.3) is 5.91 Å². The van der Waals surface area contributed by atoms with Crippen LogP contribution in [0.1, 0.15) is 44.1 Å². The third-order valence-electron chi connectivity index (χ3n) is 5.06. The topological polar surface area (TPSA) is 78.5 Å². The van der Waals surface area contributed by atoms with E-state index in [2.05, 4.69) is 22.8 Å². The van der Waals surface area contributed by atoms with Crippen molar-refractivity contribution in [3.63, 3.8) is 0 Å². The maximum atomic E-state index is 12.6. The Bertz CT molecular complexity index is 639. The third kappa shape index (κ3) is 4.00. The number of hydrogen-bond donors (Lipinski definition) is 2. The van der Waals surface area contributed by atoms with Gasteiger partial charge < -0.3 is 10.6 Å². The van der Waals surface area contributed by atoms with Crippen LogP contribution in [0.5, 0.6) is 0 Å². The second kappa shape index (κ2) is 7.68. The van der Waals surface area contributed by atoms with Crippen LogP contribution in [0.2, 0.25) is 0 Å². The Labute approximate surface area is 148 Å². The molecule has 0 bridgehead atoms. The van der Waals surface area contributed by atoms with Crippen LogP contribution in [0, 0.1) is 0 Å². The van der Waals surface area contributed by atoms with E-state index >= 15 is 0 Å². The van der Waals surface area contributed by atoms with Crippen LogP contribution in [0.3, 0.4) is 0 Å². The summed E-state index contributed by atoms with van der Waals surface area (Å²) in [7, 11) is 0. The zero-order valence-corrected chi connectivity index (χ0v) is 14.4. The number of carbonyl (C=O) groups is 3. The molecule has 1 aromatic carbocycles. The summed E-state index contributed by atoms with van der Waals surface area (Å²) < 4.78 is 0. The standard InChI is InChI=1S/C19H25N3O3/c23-16(20-13-7-10-15-8-3-1-4-9-15)14-22-17(24)19(21-18(22)25)11-5-2-6-12-19/h1,3-4,8-9H,2,5-7,10-14H2,(H,20,23)(H,21,25). The van der Waals surface area contributed by atoms with E-state index in [1.165, 1.54) is 5.56 Å². The van der Waals surface area contributed by atoms with Gasteiger partial charge in [-0.2, -0.15) is 0 Å². The van der Waals surface area contributed by atoms with Gasteiger partial charge in [-0.3, -0.25) is 14.5 Å². The summed E-state index contributed by atoms with van der Waals surface area (Å²) in [5.74, 6) is -0.527. The molecule has 1 heterocycles. The lowest BCUT2D eigenvalue weighted by atomic mass is 9.82. The molecule has 134 valence electrons. The lowest BCUT2D eigenvalue weighted by Crippen LogP contribution is -2.49. The van der Waals surface area contributed by atoms with Crippen molar-refractivity contribution in [3.05, 3.63) is 35.9 Å². The first-order valence-electron chi connectivity index (χ1n) is 9.05. The quantitative estimate of drug-likeness (QED) is 0.612. The first-order valence-corrected chi connectivity index (χ1v) is 9.05.